The van der Waals surface area contributed by atoms with E-state index in [2.05, 4.69) is 15.3 Å². The third-order valence-electron chi connectivity index (χ3n) is 4.21. The summed E-state index contributed by atoms with van der Waals surface area (Å²) in [4.78, 5) is 19.8. The summed E-state index contributed by atoms with van der Waals surface area (Å²) >= 11 is 0.928. The molecular weight excluding hydrogens is 406 g/mol. The highest BCUT2D eigenvalue weighted by molar-refractivity contribution is 8.00. The SMILES string of the molecule is C[C@H](NC(=O)[C@@H](C)Sc1nc(C(F)(F)F)nc2ccccc12)c1ccc(F)cc1. The smallest absolute Gasteiger partial charge is 0.349 e. The number of amides is 1. The Bertz CT molecular complexity index is 1020. The molecule has 0 aliphatic heterocycles. The second-order valence-corrected chi connectivity index (χ2v) is 7.74. The fourth-order valence-corrected chi connectivity index (χ4v) is 3.60. The predicted octanol–water partition coefficient (Wildman–Crippen LogP) is 5.15. The molecule has 1 aromatic heterocycles. The number of thioether (sulfide) groups is 1. The van der Waals surface area contributed by atoms with Crippen molar-refractivity contribution in [1.29, 1.82) is 0 Å². The minimum absolute atomic E-state index is 0.0833. The fourth-order valence-electron chi connectivity index (χ4n) is 2.65. The highest BCUT2D eigenvalue weighted by atomic mass is 32.2. The molecule has 2 atom stereocenters. The lowest BCUT2D eigenvalue weighted by molar-refractivity contribution is -0.145. The normalized spacial score (nSPS) is 13.9. The third-order valence-corrected chi connectivity index (χ3v) is 5.31. The van der Waals surface area contributed by atoms with Gasteiger partial charge in [-0.2, -0.15) is 13.2 Å². The van der Waals surface area contributed by atoms with Gasteiger partial charge in [-0.05, 0) is 37.6 Å². The maximum absolute atomic E-state index is 13.1. The van der Waals surface area contributed by atoms with Gasteiger partial charge in [0.25, 0.3) is 0 Å². The van der Waals surface area contributed by atoms with Crippen molar-refractivity contribution in [3.05, 3.63) is 65.7 Å². The summed E-state index contributed by atoms with van der Waals surface area (Å²) in [5.41, 5.74) is 0.869. The average molecular weight is 423 g/mol. The number of nitrogens with zero attached hydrogens (tertiary/aromatic N) is 2. The molecule has 29 heavy (non-hydrogen) atoms. The topological polar surface area (TPSA) is 54.9 Å². The van der Waals surface area contributed by atoms with Crippen LogP contribution in [0.1, 0.15) is 31.3 Å². The van der Waals surface area contributed by atoms with Crippen molar-refractivity contribution in [3.8, 4) is 0 Å². The maximum atomic E-state index is 13.1. The highest BCUT2D eigenvalue weighted by Crippen LogP contribution is 2.33. The molecule has 0 saturated carbocycles. The van der Waals surface area contributed by atoms with Crippen LogP contribution < -0.4 is 5.32 Å². The molecule has 0 fully saturated rings. The van der Waals surface area contributed by atoms with Gasteiger partial charge >= 0.3 is 6.18 Å². The van der Waals surface area contributed by atoms with Gasteiger partial charge in [-0.1, -0.05) is 42.1 Å². The predicted molar refractivity (Wildman–Crippen MR) is 103 cm³/mol. The van der Waals surface area contributed by atoms with Gasteiger partial charge in [-0.25, -0.2) is 14.4 Å². The molecule has 0 saturated heterocycles. The Hall–Kier alpha value is -2.68. The molecule has 0 radical (unpaired) electrons. The Kier molecular flexibility index (Phi) is 6.07. The molecule has 0 unspecified atom stereocenters. The number of hydrogen-bond donors (Lipinski definition) is 1. The minimum Gasteiger partial charge on any atom is -0.349 e. The highest BCUT2D eigenvalue weighted by Gasteiger charge is 2.36. The van der Waals surface area contributed by atoms with E-state index in [9.17, 15) is 22.4 Å². The van der Waals surface area contributed by atoms with Crippen LogP contribution in [0.5, 0.6) is 0 Å². The number of halogens is 4. The summed E-state index contributed by atoms with van der Waals surface area (Å²) < 4.78 is 52.5. The van der Waals surface area contributed by atoms with Crippen LogP contribution in [-0.4, -0.2) is 21.1 Å². The number of carbonyl (C=O) groups is 1. The van der Waals surface area contributed by atoms with Crippen molar-refractivity contribution in [3.63, 3.8) is 0 Å². The van der Waals surface area contributed by atoms with E-state index in [-0.39, 0.29) is 28.3 Å². The zero-order chi connectivity index (χ0) is 21.2. The van der Waals surface area contributed by atoms with E-state index in [4.69, 9.17) is 0 Å². The molecule has 4 nitrogen and oxygen atoms in total. The van der Waals surface area contributed by atoms with Crippen LogP contribution in [0.25, 0.3) is 10.9 Å². The Morgan fingerprint density at radius 2 is 1.69 bits per heavy atom. The zero-order valence-corrected chi connectivity index (χ0v) is 16.3. The number of nitrogens with one attached hydrogen (secondary N) is 1. The fraction of sp³-hybridized carbons (Fsp3) is 0.250. The Balaban J connectivity index is 1.80. The molecule has 0 aliphatic carbocycles. The summed E-state index contributed by atoms with van der Waals surface area (Å²) in [5, 5.41) is 2.59. The third kappa shape index (κ3) is 5.03. The largest absolute Gasteiger partial charge is 0.451 e. The van der Waals surface area contributed by atoms with E-state index in [1.165, 1.54) is 18.2 Å². The van der Waals surface area contributed by atoms with Crippen LogP contribution in [0.3, 0.4) is 0 Å². The second kappa shape index (κ2) is 8.36. The van der Waals surface area contributed by atoms with Crippen LogP contribution >= 0.6 is 11.8 Å². The number of hydrogen-bond acceptors (Lipinski definition) is 4. The number of alkyl halides is 3. The van der Waals surface area contributed by atoms with Crippen molar-refractivity contribution < 1.29 is 22.4 Å². The quantitative estimate of drug-likeness (QED) is 0.351. The van der Waals surface area contributed by atoms with E-state index >= 15 is 0 Å². The molecule has 0 spiro atoms. The molecule has 1 heterocycles. The molecule has 0 aliphatic rings. The summed E-state index contributed by atoms with van der Waals surface area (Å²) in [6.45, 7) is 3.33. The number of benzene rings is 2. The summed E-state index contributed by atoms with van der Waals surface area (Å²) in [7, 11) is 0. The van der Waals surface area contributed by atoms with Gasteiger partial charge in [0.15, 0.2) is 0 Å². The average Bonchev–Trinajstić information content (AvgIpc) is 2.67. The lowest BCUT2D eigenvalue weighted by atomic mass is 10.1. The monoisotopic (exact) mass is 423 g/mol. The first-order chi connectivity index (χ1) is 13.6. The second-order valence-electron chi connectivity index (χ2n) is 6.41. The van der Waals surface area contributed by atoms with E-state index in [0.29, 0.717) is 10.9 Å². The number of rotatable bonds is 5. The molecule has 9 heteroatoms. The summed E-state index contributed by atoms with van der Waals surface area (Å²) in [6.07, 6.45) is -4.69. The Labute approximate surface area is 168 Å². The zero-order valence-electron chi connectivity index (χ0n) is 15.5. The van der Waals surface area contributed by atoms with Crippen molar-refractivity contribution in [2.24, 2.45) is 0 Å². The van der Waals surface area contributed by atoms with Gasteiger partial charge in [0.1, 0.15) is 10.8 Å². The first kappa shape index (κ1) is 21.0. The lowest BCUT2D eigenvalue weighted by Crippen LogP contribution is -2.33. The van der Waals surface area contributed by atoms with Gasteiger partial charge in [0.2, 0.25) is 11.7 Å². The number of fused-ring (bicyclic) bond motifs is 1. The molecule has 152 valence electrons. The minimum atomic E-state index is -4.69. The van der Waals surface area contributed by atoms with Crippen LogP contribution in [0.2, 0.25) is 0 Å². The van der Waals surface area contributed by atoms with E-state index < -0.39 is 17.3 Å². The van der Waals surface area contributed by atoms with E-state index in [1.54, 1.807) is 44.2 Å². The van der Waals surface area contributed by atoms with Crippen LogP contribution in [-0.2, 0) is 11.0 Å². The first-order valence-corrected chi connectivity index (χ1v) is 9.59. The van der Waals surface area contributed by atoms with Gasteiger partial charge in [0, 0.05) is 5.39 Å². The molecule has 3 rings (SSSR count). The molecule has 1 N–H and O–H groups in total. The van der Waals surface area contributed by atoms with Crippen molar-refractivity contribution in [1.82, 2.24) is 15.3 Å². The van der Waals surface area contributed by atoms with Crippen LogP contribution in [0, 0.1) is 5.82 Å². The maximum Gasteiger partial charge on any atom is 0.451 e. The van der Waals surface area contributed by atoms with E-state index in [0.717, 1.165) is 11.8 Å². The number of para-hydroxylation sites is 1. The number of carbonyl (C=O) groups excluding carboxylic acids is 1. The standard InChI is InChI=1S/C20H17F4N3OS/c1-11(13-7-9-14(21)10-8-13)25-17(28)12(2)29-18-15-5-3-4-6-16(15)26-19(27-18)20(22,23)24/h3-12H,1-2H3,(H,25,28)/t11-,12+/m0/s1. The van der Waals surface area contributed by atoms with Gasteiger partial charge in [-0.3, -0.25) is 4.79 Å². The summed E-state index contributed by atoms with van der Waals surface area (Å²) in [5.74, 6) is -2.00. The molecule has 3 aromatic rings. The van der Waals surface area contributed by atoms with Gasteiger partial charge < -0.3 is 5.32 Å². The Morgan fingerprint density at radius 1 is 1.03 bits per heavy atom. The molecular formula is C20H17F4N3OS. The van der Waals surface area contributed by atoms with Crippen LogP contribution in [0.4, 0.5) is 17.6 Å². The lowest BCUT2D eigenvalue weighted by Gasteiger charge is -2.18. The van der Waals surface area contributed by atoms with Gasteiger partial charge in [-0.15, -0.1) is 0 Å². The first-order valence-electron chi connectivity index (χ1n) is 8.71. The molecule has 1 amide bonds. The summed E-state index contributed by atoms with van der Waals surface area (Å²) in [6, 6.07) is 11.7. The molecule has 0 bridgehead atoms. The van der Waals surface area contributed by atoms with Crippen LogP contribution in [0.15, 0.2) is 53.6 Å². The Morgan fingerprint density at radius 3 is 2.34 bits per heavy atom. The van der Waals surface area contributed by atoms with Crippen molar-refractivity contribution >= 4 is 28.6 Å². The molecule has 2 aromatic carbocycles. The van der Waals surface area contributed by atoms with Gasteiger partial charge in [0.05, 0.1) is 16.8 Å². The van der Waals surface area contributed by atoms with Crippen molar-refractivity contribution in [2.75, 3.05) is 0 Å². The van der Waals surface area contributed by atoms with E-state index in [1.807, 2.05) is 0 Å². The van der Waals surface area contributed by atoms with Crippen molar-refractivity contribution in [2.45, 2.75) is 36.3 Å². The number of aromatic nitrogens is 2.